The Kier molecular flexibility index (Phi) is 9.31. The first kappa shape index (κ1) is 27.0. The number of hydrogen-bond donors (Lipinski definition) is 3. The molecule has 7 nitrogen and oxygen atoms in total. The Morgan fingerprint density at radius 2 is 1.94 bits per heavy atom. The van der Waals surface area contributed by atoms with Crippen molar-refractivity contribution in [3.05, 3.63) is 75.2 Å². The molecule has 3 N–H and O–H groups in total. The Morgan fingerprint density at radius 3 is 2.67 bits per heavy atom. The predicted octanol–water partition coefficient (Wildman–Crippen LogP) is 5.58. The van der Waals surface area contributed by atoms with E-state index in [4.69, 9.17) is 9.15 Å². The minimum atomic E-state index is -0.641. The molecule has 0 spiro atoms. The van der Waals surface area contributed by atoms with Gasteiger partial charge in [0, 0.05) is 16.5 Å². The Balaban J connectivity index is 1.72. The average Bonchev–Trinajstić information content (AvgIpc) is 2.82. The van der Waals surface area contributed by atoms with Crippen molar-refractivity contribution in [1.29, 1.82) is 0 Å². The fourth-order valence-corrected chi connectivity index (χ4v) is 3.72. The molecule has 3 aromatic rings. The highest BCUT2D eigenvalue weighted by Gasteiger charge is 2.15. The number of carbonyl (C=O) groups excluding carboxylic acids is 1. The van der Waals surface area contributed by atoms with Gasteiger partial charge in [0.15, 0.2) is 0 Å². The van der Waals surface area contributed by atoms with Gasteiger partial charge in [-0.15, -0.1) is 0 Å². The number of phenolic OH excluding ortho intramolecular Hbond substituents is 1. The molecule has 192 valence electrons. The third-order valence-corrected chi connectivity index (χ3v) is 5.73. The largest absolute Gasteiger partial charge is 0.508 e. The van der Waals surface area contributed by atoms with Crippen molar-refractivity contribution in [3.8, 4) is 11.5 Å². The van der Waals surface area contributed by atoms with E-state index in [2.05, 4.69) is 24.5 Å². The predicted molar refractivity (Wildman–Crippen MR) is 144 cm³/mol. The van der Waals surface area contributed by atoms with Crippen LogP contribution in [-0.2, 0) is 6.42 Å². The fourth-order valence-electron chi connectivity index (χ4n) is 3.72. The van der Waals surface area contributed by atoms with Gasteiger partial charge >= 0.3 is 5.63 Å². The molecule has 0 aliphatic heterocycles. The van der Waals surface area contributed by atoms with Gasteiger partial charge in [-0.1, -0.05) is 25.5 Å². The summed E-state index contributed by atoms with van der Waals surface area (Å²) in [7, 11) is 0. The summed E-state index contributed by atoms with van der Waals surface area (Å²) < 4.78 is 11.5. The van der Waals surface area contributed by atoms with E-state index in [1.807, 2.05) is 39.0 Å². The first-order chi connectivity index (χ1) is 17.2. The van der Waals surface area contributed by atoms with Gasteiger partial charge in [0.25, 0.3) is 5.91 Å². The number of amides is 1. The van der Waals surface area contributed by atoms with Crippen molar-refractivity contribution in [1.82, 2.24) is 5.32 Å². The van der Waals surface area contributed by atoms with E-state index in [0.717, 1.165) is 30.6 Å². The highest BCUT2D eigenvalue weighted by atomic mass is 16.5. The molecule has 0 bridgehead atoms. The number of aryl methyl sites for hydroxylation is 1. The zero-order valence-electron chi connectivity index (χ0n) is 21.7. The van der Waals surface area contributed by atoms with E-state index >= 15 is 0 Å². The van der Waals surface area contributed by atoms with Crippen molar-refractivity contribution in [3.63, 3.8) is 0 Å². The van der Waals surface area contributed by atoms with Crippen LogP contribution in [0.5, 0.6) is 11.5 Å². The number of hydrogen-bond acceptors (Lipinski definition) is 6. The molecule has 0 fully saturated rings. The molecule has 0 aliphatic rings. The number of allylic oxidation sites excluding steroid dienone is 2. The second-order valence-corrected chi connectivity index (χ2v) is 9.64. The van der Waals surface area contributed by atoms with Crippen molar-refractivity contribution in [2.45, 2.75) is 47.5 Å². The van der Waals surface area contributed by atoms with Crippen LogP contribution < -0.4 is 21.0 Å². The zero-order chi connectivity index (χ0) is 26.2. The van der Waals surface area contributed by atoms with Crippen LogP contribution in [0.15, 0.2) is 57.3 Å². The molecule has 36 heavy (non-hydrogen) atoms. The third kappa shape index (κ3) is 7.21. The van der Waals surface area contributed by atoms with Crippen molar-refractivity contribution in [2.75, 3.05) is 25.0 Å². The van der Waals surface area contributed by atoms with Gasteiger partial charge in [-0.05, 0) is 94.6 Å². The molecule has 2 aromatic carbocycles. The maximum Gasteiger partial charge on any atom is 0.360 e. The van der Waals surface area contributed by atoms with Gasteiger partial charge in [0.05, 0.1) is 6.61 Å². The molecule has 0 saturated heterocycles. The lowest BCUT2D eigenvalue weighted by Gasteiger charge is -2.12. The first-order valence-electron chi connectivity index (χ1n) is 12.3. The molecule has 1 heterocycles. The Hall–Kier alpha value is -3.58. The number of carbonyl (C=O) groups is 1. The Morgan fingerprint density at radius 1 is 1.17 bits per heavy atom. The number of anilines is 1. The van der Waals surface area contributed by atoms with E-state index in [1.165, 1.54) is 12.1 Å². The lowest BCUT2D eigenvalue weighted by Crippen LogP contribution is -2.22. The van der Waals surface area contributed by atoms with Crippen molar-refractivity contribution >= 4 is 22.6 Å². The number of nitrogens with one attached hydrogen (secondary N) is 2. The molecule has 0 aliphatic carbocycles. The smallest absolute Gasteiger partial charge is 0.360 e. The standard InChI is InChI=1S/C29H36N2O5/c1-18(2)7-8-21-15-23(9-11-25(21)32)28(33)31-24-16-22-10-12-26(20(5)27(22)36-29(24)34)35-14-6-13-30-17-19(3)4/h7,9-12,15-16,19,30,32H,6,8,13-14,17H2,1-5H3,(H,31,33). The molecule has 1 amide bonds. The molecular weight excluding hydrogens is 456 g/mol. The van der Waals surface area contributed by atoms with Crippen LogP contribution in [0.4, 0.5) is 5.69 Å². The number of rotatable bonds is 11. The maximum atomic E-state index is 12.8. The number of aromatic hydroxyl groups is 1. The highest BCUT2D eigenvalue weighted by Crippen LogP contribution is 2.28. The van der Waals surface area contributed by atoms with Crippen LogP contribution in [0.2, 0.25) is 0 Å². The SMILES string of the molecule is CC(C)=CCc1cc(C(=O)Nc2cc3ccc(OCCCNCC(C)C)c(C)c3oc2=O)ccc1O. The molecule has 0 saturated carbocycles. The van der Waals surface area contributed by atoms with Crippen LogP contribution in [0.25, 0.3) is 11.0 Å². The van der Waals surface area contributed by atoms with E-state index in [9.17, 15) is 14.7 Å². The molecular formula is C29H36N2O5. The Bertz CT molecular complexity index is 1300. The van der Waals surface area contributed by atoms with Crippen LogP contribution in [0, 0.1) is 12.8 Å². The summed E-state index contributed by atoms with van der Waals surface area (Å²) >= 11 is 0. The summed E-state index contributed by atoms with van der Waals surface area (Å²) in [4.78, 5) is 25.5. The van der Waals surface area contributed by atoms with Crippen molar-refractivity contribution < 1.29 is 19.1 Å². The summed E-state index contributed by atoms with van der Waals surface area (Å²) in [5.74, 6) is 0.939. The summed E-state index contributed by atoms with van der Waals surface area (Å²) in [6, 6.07) is 9.89. The topological polar surface area (TPSA) is 101 Å². The quantitative estimate of drug-likeness (QED) is 0.183. The second kappa shape index (κ2) is 12.4. The van der Waals surface area contributed by atoms with E-state index in [1.54, 1.807) is 12.1 Å². The van der Waals surface area contributed by atoms with Gasteiger partial charge in [-0.3, -0.25) is 4.79 Å². The monoisotopic (exact) mass is 492 g/mol. The lowest BCUT2D eigenvalue weighted by molar-refractivity contribution is 0.102. The summed E-state index contributed by atoms with van der Waals surface area (Å²) in [5, 5.41) is 16.8. The molecule has 0 atom stereocenters. The number of benzene rings is 2. The van der Waals surface area contributed by atoms with Crippen LogP contribution in [0.1, 0.15) is 55.6 Å². The number of phenols is 1. The van der Waals surface area contributed by atoms with Gasteiger partial charge in [0.2, 0.25) is 0 Å². The number of ether oxygens (including phenoxy) is 1. The average molecular weight is 493 g/mol. The minimum Gasteiger partial charge on any atom is -0.508 e. The van der Waals surface area contributed by atoms with Gasteiger partial charge in [-0.25, -0.2) is 4.79 Å². The third-order valence-electron chi connectivity index (χ3n) is 5.73. The summed E-state index contributed by atoms with van der Waals surface area (Å²) in [6.07, 6.45) is 3.34. The minimum absolute atomic E-state index is 0.0516. The highest BCUT2D eigenvalue weighted by molar-refractivity contribution is 6.05. The molecule has 3 rings (SSSR count). The molecule has 0 radical (unpaired) electrons. The van der Waals surface area contributed by atoms with E-state index in [0.29, 0.717) is 46.8 Å². The Labute approximate surface area is 212 Å². The lowest BCUT2D eigenvalue weighted by atomic mass is 10.0. The molecule has 7 heteroatoms. The molecule has 0 unspecified atom stereocenters. The number of fused-ring (bicyclic) bond motifs is 1. The van der Waals surface area contributed by atoms with Gasteiger partial charge in [0.1, 0.15) is 22.8 Å². The summed E-state index contributed by atoms with van der Waals surface area (Å²) in [6.45, 7) is 12.5. The summed E-state index contributed by atoms with van der Waals surface area (Å²) in [5.41, 5.74) is 2.66. The van der Waals surface area contributed by atoms with Gasteiger partial charge in [-0.2, -0.15) is 0 Å². The van der Waals surface area contributed by atoms with Gasteiger partial charge < -0.3 is 24.9 Å². The van der Waals surface area contributed by atoms with Crippen LogP contribution in [0.3, 0.4) is 0 Å². The fraction of sp³-hybridized carbons (Fsp3) is 0.379. The normalized spacial score (nSPS) is 11.1. The maximum absolute atomic E-state index is 12.8. The van der Waals surface area contributed by atoms with E-state index < -0.39 is 11.5 Å². The molecule has 1 aromatic heterocycles. The zero-order valence-corrected chi connectivity index (χ0v) is 21.7. The van der Waals surface area contributed by atoms with Crippen LogP contribution >= 0.6 is 0 Å². The second-order valence-electron chi connectivity index (χ2n) is 9.64. The first-order valence-corrected chi connectivity index (χ1v) is 12.3. The van der Waals surface area contributed by atoms with Crippen LogP contribution in [-0.4, -0.2) is 30.7 Å². The van der Waals surface area contributed by atoms with E-state index in [-0.39, 0.29) is 11.4 Å². The van der Waals surface area contributed by atoms with Crippen molar-refractivity contribution in [2.24, 2.45) is 5.92 Å².